The minimum Gasteiger partial charge on any atom is -0.368 e. The summed E-state index contributed by atoms with van der Waals surface area (Å²) in [6.07, 6.45) is 3.07. The summed E-state index contributed by atoms with van der Waals surface area (Å²) in [4.78, 5) is 8.27. The normalized spacial score (nSPS) is 22.3. The number of aromatic nitrogens is 5. The second-order valence-corrected chi connectivity index (χ2v) is 8.20. The van der Waals surface area contributed by atoms with E-state index in [1.807, 2.05) is 13.1 Å². The average Bonchev–Trinajstić information content (AvgIpc) is 3.34. The number of hydrogen-bond acceptors (Lipinski definition) is 5. The molecule has 0 atom stereocenters. The van der Waals surface area contributed by atoms with E-state index in [1.165, 1.54) is 4.40 Å². The Kier molecular flexibility index (Phi) is 4.44. The highest BCUT2D eigenvalue weighted by molar-refractivity contribution is 5.81. The third kappa shape index (κ3) is 3.40. The van der Waals surface area contributed by atoms with E-state index in [1.54, 1.807) is 35.3 Å². The van der Waals surface area contributed by atoms with Gasteiger partial charge in [0.1, 0.15) is 11.5 Å². The lowest BCUT2D eigenvalue weighted by molar-refractivity contribution is -0.140. The van der Waals surface area contributed by atoms with Crippen molar-refractivity contribution in [3.63, 3.8) is 0 Å². The van der Waals surface area contributed by atoms with Gasteiger partial charge in [0.2, 0.25) is 0 Å². The van der Waals surface area contributed by atoms with Gasteiger partial charge >= 0.3 is 6.18 Å². The Hall–Kier alpha value is -3.14. The van der Waals surface area contributed by atoms with E-state index in [2.05, 4.69) is 20.4 Å². The molecule has 0 unspecified atom stereocenters. The third-order valence-electron chi connectivity index (χ3n) is 6.16. The lowest BCUT2D eigenvalue weighted by atomic mass is 9.77. The molecule has 4 aromatic rings. The number of pyridine rings is 2. The number of aryl methyl sites for hydroxylation is 1. The molecule has 1 saturated carbocycles. The molecule has 0 spiro atoms. The summed E-state index contributed by atoms with van der Waals surface area (Å²) in [7, 11) is 1.89. The molecule has 0 aromatic carbocycles. The minimum atomic E-state index is -4.48. The van der Waals surface area contributed by atoms with Crippen LogP contribution < -0.4 is 11.1 Å². The summed E-state index contributed by atoms with van der Waals surface area (Å²) in [5.41, 5.74) is 7.42. The molecule has 4 heterocycles. The van der Waals surface area contributed by atoms with Crippen molar-refractivity contribution in [1.29, 1.82) is 0 Å². The maximum Gasteiger partial charge on any atom is 0.434 e. The van der Waals surface area contributed by atoms with Crippen LogP contribution in [-0.4, -0.2) is 30.2 Å². The number of rotatable bonds is 3. The average molecular weight is 429 g/mol. The Morgan fingerprint density at radius 3 is 2.71 bits per heavy atom. The van der Waals surface area contributed by atoms with Crippen LogP contribution in [0.15, 0.2) is 42.9 Å². The van der Waals surface area contributed by atoms with Gasteiger partial charge in [-0.1, -0.05) is 6.07 Å². The van der Waals surface area contributed by atoms with Gasteiger partial charge in [0, 0.05) is 30.9 Å². The molecule has 5 rings (SSSR count). The number of nitrogens with zero attached hydrogens (tertiary/aromatic N) is 5. The minimum absolute atomic E-state index is 0.0899. The molecule has 31 heavy (non-hydrogen) atoms. The second kappa shape index (κ2) is 6.94. The van der Waals surface area contributed by atoms with Gasteiger partial charge in [-0.2, -0.15) is 18.3 Å². The van der Waals surface area contributed by atoms with Gasteiger partial charge in [0.05, 0.1) is 22.9 Å². The molecule has 1 aliphatic carbocycles. The topological polar surface area (TPSA) is 86.1 Å². The van der Waals surface area contributed by atoms with Crippen molar-refractivity contribution in [2.45, 2.75) is 43.4 Å². The number of halogens is 3. The first kappa shape index (κ1) is 19.8. The highest BCUT2D eigenvalue weighted by atomic mass is 19.4. The van der Waals surface area contributed by atoms with Gasteiger partial charge in [0.15, 0.2) is 5.69 Å². The quantitative estimate of drug-likeness (QED) is 0.517. The third-order valence-corrected chi connectivity index (χ3v) is 6.16. The van der Waals surface area contributed by atoms with Crippen molar-refractivity contribution >= 4 is 22.4 Å². The Balaban J connectivity index is 1.36. The number of hydrogen-bond donors (Lipinski definition) is 2. The molecular formula is C21H22F3N7. The number of imidazole rings is 1. The number of nitrogens with one attached hydrogen (secondary N) is 1. The summed E-state index contributed by atoms with van der Waals surface area (Å²) < 4.78 is 42.4. The molecule has 162 valence electrons. The molecule has 0 radical (unpaired) electrons. The summed E-state index contributed by atoms with van der Waals surface area (Å²) in [6, 6.07) is 7.04. The molecule has 0 saturated heterocycles. The van der Waals surface area contributed by atoms with Crippen molar-refractivity contribution in [2.24, 2.45) is 12.8 Å². The van der Waals surface area contributed by atoms with Crippen LogP contribution in [0.1, 0.15) is 37.1 Å². The fourth-order valence-electron chi connectivity index (χ4n) is 4.46. The first-order chi connectivity index (χ1) is 14.7. The predicted molar refractivity (Wildman–Crippen MR) is 110 cm³/mol. The van der Waals surface area contributed by atoms with Gasteiger partial charge < -0.3 is 11.1 Å². The zero-order valence-corrected chi connectivity index (χ0v) is 16.9. The van der Waals surface area contributed by atoms with Crippen LogP contribution in [0.4, 0.5) is 19.0 Å². The smallest absolute Gasteiger partial charge is 0.368 e. The lowest BCUT2D eigenvalue weighted by Gasteiger charge is -2.37. The fourth-order valence-corrected chi connectivity index (χ4v) is 4.46. The monoisotopic (exact) mass is 429 g/mol. The van der Waals surface area contributed by atoms with E-state index >= 15 is 0 Å². The molecule has 4 aromatic heterocycles. The van der Waals surface area contributed by atoms with Crippen LogP contribution in [0.3, 0.4) is 0 Å². The molecule has 0 aliphatic heterocycles. The highest BCUT2D eigenvalue weighted by Gasteiger charge is 2.37. The van der Waals surface area contributed by atoms with E-state index < -0.39 is 17.4 Å². The Bertz CT molecular complexity index is 1250. The van der Waals surface area contributed by atoms with Gasteiger partial charge in [-0.25, -0.2) is 4.98 Å². The highest BCUT2D eigenvalue weighted by Crippen LogP contribution is 2.38. The summed E-state index contributed by atoms with van der Waals surface area (Å²) in [6.45, 7) is 0. The summed E-state index contributed by atoms with van der Waals surface area (Å²) in [5, 5.41) is 8.66. The Morgan fingerprint density at radius 2 is 1.97 bits per heavy atom. The first-order valence-corrected chi connectivity index (χ1v) is 10.1. The second-order valence-electron chi connectivity index (χ2n) is 8.20. The zero-order valence-electron chi connectivity index (χ0n) is 16.9. The molecule has 1 aliphatic rings. The van der Waals surface area contributed by atoms with E-state index in [4.69, 9.17) is 5.73 Å². The molecular weight excluding hydrogens is 407 g/mol. The Morgan fingerprint density at radius 1 is 1.19 bits per heavy atom. The largest absolute Gasteiger partial charge is 0.434 e. The predicted octanol–water partition coefficient (Wildman–Crippen LogP) is 3.84. The SMILES string of the molecule is Cn1ncc2c(C3(N)CCC(Nc4cccc5nc(C(F)(F)F)cn45)CC3)nccc21. The van der Waals surface area contributed by atoms with Crippen molar-refractivity contribution in [3.05, 3.63) is 54.2 Å². The number of alkyl halides is 3. The lowest BCUT2D eigenvalue weighted by Crippen LogP contribution is -2.44. The van der Waals surface area contributed by atoms with Gasteiger partial charge in [-0.3, -0.25) is 14.1 Å². The standard InChI is InChI=1S/C21H22F3N7/c1-30-15-7-10-26-19(14(15)11-27-30)20(25)8-5-13(6-9-20)28-17-3-2-4-18-29-16(12-31(17)18)21(22,23)24/h2-4,7,10-13,28H,5-6,8-9,25H2,1H3. The van der Waals surface area contributed by atoms with Crippen molar-refractivity contribution in [1.82, 2.24) is 24.1 Å². The molecule has 1 fully saturated rings. The van der Waals surface area contributed by atoms with Crippen molar-refractivity contribution in [2.75, 3.05) is 5.32 Å². The van der Waals surface area contributed by atoms with E-state index in [0.717, 1.165) is 35.6 Å². The van der Waals surface area contributed by atoms with E-state index in [9.17, 15) is 13.2 Å². The van der Waals surface area contributed by atoms with Crippen LogP contribution in [0.25, 0.3) is 16.6 Å². The van der Waals surface area contributed by atoms with Crippen LogP contribution in [0.5, 0.6) is 0 Å². The van der Waals surface area contributed by atoms with E-state index in [0.29, 0.717) is 18.7 Å². The maximum atomic E-state index is 13.1. The molecule has 7 nitrogen and oxygen atoms in total. The van der Waals surface area contributed by atoms with Crippen molar-refractivity contribution in [3.8, 4) is 0 Å². The molecule has 3 N–H and O–H groups in total. The maximum absolute atomic E-state index is 13.1. The molecule has 0 bridgehead atoms. The van der Waals surface area contributed by atoms with Crippen LogP contribution in [0.2, 0.25) is 0 Å². The summed E-state index contributed by atoms with van der Waals surface area (Å²) in [5.74, 6) is 0.586. The molecule has 0 amide bonds. The molecule has 10 heteroatoms. The van der Waals surface area contributed by atoms with Crippen molar-refractivity contribution < 1.29 is 13.2 Å². The number of anilines is 1. The zero-order chi connectivity index (χ0) is 21.8. The Labute approximate surface area is 176 Å². The van der Waals surface area contributed by atoms with Crippen LogP contribution in [0, 0.1) is 0 Å². The number of nitrogens with two attached hydrogens (primary N) is 1. The van der Waals surface area contributed by atoms with Crippen LogP contribution >= 0.6 is 0 Å². The van der Waals surface area contributed by atoms with Gasteiger partial charge in [-0.15, -0.1) is 0 Å². The first-order valence-electron chi connectivity index (χ1n) is 10.1. The summed E-state index contributed by atoms with van der Waals surface area (Å²) >= 11 is 0. The van der Waals surface area contributed by atoms with Gasteiger partial charge in [0.25, 0.3) is 0 Å². The van der Waals surface area contributed by atoms with Crippen LogP contribution in [-0.2, 0) is 18.8 Å². The van der Waals surface area contributed by atoms with Gasteiger partial charge in [-0.05, 0) is 43.9 Å². The van der Waals surface area contributed by atoms with E-state index in [-0.39, 0.29) is 11.7 Å². The fraction of sp³-hybridized carbons (Fsp3) is 0.381. The number of fused-ring (bicyclic) bond motifs is 2.